The summed E-state index contributed by atoms with van der Waals surface area (Å²) < 4.78 is 0. The molecule has 0 aliphatic rings. The van der Waals surface area contributed by atoms with Crippen LogP contribution in [-0.4, -0.2) is 58.7 Å². The first-order valence-electron chi connectivity index (χ1n) is 7.51. The van der Waals surface area contributed by atoms with Crippen LogP contribution in [-0.2, 0) is 9.59 Å². The van der Waals surface area contributed by atoms with Gasteiger partial charge in [0.2, 0.25) is 0 Å². The van der Waals surface area contributed by atoms with Crippen LogP contribution in [0.2, 0.25) is 0 Å². The Kier molecular flexibility index (Phi) is 29.0. The number of rotatable bonds is 11. The molecule has 0 spiro atoms. The van der Waals surface area contributed by atoms with Gasteiger partial charge in [0.15, 0.2) is 0 Å². The lowest BCUT2D eigenvalue weighted by Gasteiger charge is -1.98. The summed E-state index contributed by atoms with van der Waals surface area (Å²) in [6, 6.07) is 0. The van der Waals surface area contributed by atoms with Crippen LogP contribution in [0, 0.1) is 0 Å². The lowest BCUT2D eigenvalue weighted by atomic mass is 10.1. The van der Waals surface area contributed by atoms with E-state index >= 15 is 0 Å². The van der Waals surface area contributed by atoms with Crippen LogP contribution in [0.5, 0.6) is 0 Å². The molecule has 8 heteroatoms. The Hall–Kier alpha value is -1.22. The topological polar surface area (TPSA) is 167 Å². The molecule has 0 aromatic heterocycles. The highest BCUT2D eigenvalue weighted by molar-refractivity contribution is 5.66. The fraction of sp³-hybridized carbons (Fsp3) is 0.857. The second kappa shape index (κ2) is 24.8. The zero-order valence-corrected chi connectivity index (χ0v) is 13.2. The predicted molar refractivity (Wildman–Crippen MR) is 84.5 cm³/mol. The van der Waals surface area contributed by atoms with Gasteiger partial charge in [-0.3, -0.25) is 9.59 Å². The molecule has 0 aliphatic heterocycles. The van der Waals surface area contributed by atoms with E-state index in [-0.39, 0.29) is 26.1 Å². The lowest BCUT2D eigenvalue weighted by Crippen LogP contribution is -2.02. The first-order chi connectivity index (χ1) is 10.5. The summed E-state index contributed by atoms with van der Waals surface area (Å²) in [5.74, 6) is -1.48. The molecular weight excluding hydrogens is 292 g/mol. The van der Waals surface area contributed by atoms with Gasteiger partial charge < -0.3 is 31.9 Å². The van der Waals surface area contributed by atoms with Gasteiger partial charge in [0.05, 0.1) is 13.2 Å². The van der Waals surface area contributed by atoms with E-state index in [0.717, 1.165) is 38.5 Å². The fourth-order valence-corrected chi connectivity index (χ4v) is 1.26. The summed E-state index contributed by atoms with van der Waals surface area (Å²) in [5, 5.41) is 32.2. The summed E-state index contributed by atoms with van der Waals surface area (Å²) in [5.41, 5.74) is 9.56. The van der Waals surface area contributed by atoms with Gasteiger partial charge in [0.1, 0.15) is 0 Å². The van der Waals surface area contributed by atoms with Crippen LogP contribution >= 0.6 is 0 Å². The van der Waals surface area contributed by atoms with E-state index in [0.29, 0.717) is 13.1 Å². The van der Waals surface area contributed by atoms with E-state index < -0.39 is 11.9 Å². The van der Waals surface area contributed by atoms with Crippen LogP contribution in [0.3, 0.4) is 0 Å². The first kappa shape index (κ1) is 25.7. The van der Waals surface area contributed by atoms with Gasteiger partial charge in [0.25, 0.3) is 0 Å². The van der Waals surface area contributed by atoms with Crippen LogP contribution in [0.4, 0.5) is 0 Å². The molecule has 0 fully saturated rings. The molecule has 0 aromatic rings. The SMILES string of the molecule is NCCO.NCCO.O=C(O)CCCCCCCCC(=O)O. The molecule has 0 aliphatic carbocycles. The Bertz CT molecular complexity index is 211. The van der Waals surface area contributed by atoms with Crippen molar-refractivity contribution < 1.29 is 30.0 Å². The van der Waals surface area contributed by atoms with Gasteiger partial charge >= 0.3 is 11.9 Å². The average molecular weight is 324 g/mol. The Morgan fingerprint density at radius 3 is 1.05 bits per heavy atom. The molecule has 0 radical (unpaired) electrons. The maximum Gasteiger partial charge on any atom is 0.303 e. The van der Waals surface area contributed by atoms with Crippen molar-refractivity contribution in [3.63, 3.8) is 0 Å². The van der Waals surface area contributed by atoms with E-state index in [1.54, 1.807) is 0 Å². The number of carboxylic acids is 2. The third kappa shape index (κ3) is 42.8. The number of nitrogens with two attached hydrogens (primary N) is 2. The first-order valence-corrected chi connectivity index (χ1v) is 7.51. The molecule has 0 aromatic carbocycles. The maximum atomic E-state index is 10.1. The number of carboxylic acid groups (broad SMARTS) is 2. The Labute approximate surface area is 132 Å². The summed E-state index contributed by atoms with van der Waals surface area (Å²) >= 11 is 0. The number of aliphatic hydroxyl groups is 2. The van der Waals surface area contributed by atoms with Gasteiger partial charge in [-0.2, -0.15) is 0 Å². The van der Waals surface area contributed by atoms with E-state index in [4.69, 9.17) is 31.9 Å². The van der Waals surface area contributed by atoms with Gasteiger partial charge in [0, 0.05) is 25.9 Å². The molecule has 8 N–H and O–H groups in total. The van der Waals surface area contributed by atoms with Crippen molar-refractivity contribution in [2.45, 2.75) is 51.4 Å². The predicted octanol–water partition coefficient (Wildman–Crippen LogP) is 0.151. The summed E-state index contributed by atoms with van der Waals surface area (Å²) in [6.07, 6.45) is 5.82. The second-order valence-electron chi connectivity index (χ2n) is 4.43. The number of aliphatic carboxylic acids is 2. The third-order valence-electron chi connectivity index (χ3n) is 2.29. The highest BCUT2D eigenvalue weighted by Gasteiger charge is 1.98. The van der Waals surface area contributed by atoms with Gasteiger partial charge in [-0.05, 0) is 12.8 Å². The molecule has 134 valence electrons. The molecular formula is C14H32N2O6. The summed E-state index contributed by atoms with van der Waals surface area (Å²) in [4.78, 5) is 20.3. The number of hydrogen-bond donors (Lipinski definition) is 6. The van der Waals surface area contributed by atoms with Gasteiger partial charge in [-0.25, -0.2) is 0 Å². The largest absolute Gasteiger partial charge is 0.481 e. The molecule has 0 saturated carbocycles. The minimum atomic E-state index is -0.740. The Balaban J connectivity index is -0.000000372. The highest BCUT2D eigenvalue weighted by atomic mass is 16.4. The standard InChI is InChI=1S/C10H18O4.2C2H7NO/c11-9(12)7-5-3-1-2-4-6-8-10(13)14;2*3-1-2-4/h1-8H2,(H,11,12)(H,13,14);2*4H,1-3H2. The molecule has 22 heavy (non-hydrogen) atoms. The van der Waals surface area contributed by atoms with Crippen molar-refractivity contribution in [2.24, 2.45) is 11.5 Å². The van der Waals surface area contributed by atoms with Crippen LogP contribution in [0.25, 0.3) is 0 Å². The van der Waals surface area contributed by atoms with Crippen LogP contribution < -0.4 is 11.5 Å². The molecule has 0 rings (SSSR count). The highest BCUT2D eigenvalue weighted by Crippen LogP contribution is 2.08. The molecule has 0 heterocycles. The normalized spacial score (nSPS) is 9.09. The quantitative estimate of drug-likeness (QED) is 0.292. The van der Waals surface area contributed by atoms with Crippen molar-refractivity contribution in [2.75, 3.05) is 26.3 Å². The molecule has 0 amide bonds. The van der Waals surface area contributed by atoms with Crippen LogP contribution in [0.1, 0.15) is 51.4 Å². The molecule has 0 unspecified atom stereocenters. The van der Waals surface area contributed by atoms with E-state index in [1.165, 1.54) is 0 Å². The second-order valence-corrected chi connectivity index (χ2v) is 4.43. The molecule has 0 atom stereocenters. The number of unbranched alkanes of at least 4 members (excludes halogenated alkanes) is 5. The zero-order chi connectivity index (χ0) is 17.6. The number of aliphatic hydroxyl groups excluding tert-OH is 2. The van der Waals surface area contributed by atoms with E-state index in [1.807, 2.05) is 0 Å². The van der Waals surface area contributed by atoms with Crippen molar-refractivity contribution >= 4 is 11.9 Å². The van der Waals surface area contributed by atoms with Crippen LogP contribution in [0.15, 0.2) is 0 Å². The van der Waals surface area contributed by atoms with Crippen molar-refractivity contribution in [1.82, 2.24) is 0 Å². The van der Waals surface area contributed by atoms with Crippen molar-refractivity contribution in [3.05, 3.63) is 0 Å². The molecule has 0 saturated heterocycles. The van der Waals surface area contributed by atoms with E-state index in [9.17, 15) is 9.59 Å². The van der Waals surface area contributed by atoms with Gasteiger partial charge in [-0.1, -0.05) is 25.7 Å². The van der Waals surface area contributed by atoms with Gasteiger partial charge in [-0.15, -0.1) is 0 Å². The third-order valence-corrected chi connectivity index (χ3v) is 2.29. The lowest BCUT2D eigenvalue weighted by molar-refractivity contribution is -0.138. The minimum Gasteiger partial charge on any atom is -0.481 e. The summed E-state index contributed by atoms with van der Waals surface area (Å²) in [6.45, 7) is 0.944. The Morgan fingerprint density at radius 2 is 0.864 bits per heavy atom. The van der Waals surface area contributed by atoms with Crippen molar-refractivity contribution in [3.8, 4) is 0 Å². The average Bonchev–Trinajstić information content (AvgIpc) is 2.49. The monoisotopic (exact) mass is 324 g/mol. The maximum absolute atomic E-state index is 10.1. The molecule has 8 nitrogen and oxygen atoms in total. The smallest absolute Gasteiger partial charge is 0.303 e. The Morgan fingerprint density at radius 1 is 0.636 bits per heavy atom. The minimum absolute atomic E-state index is 0.0972. The van der Waals surface area contributed by atoms with E-state index in [2.05, 4.69) is 0 Å². The fourth-order valence-electron chi connectivity index (χ4n) is 1.26. The summed E-state index contributed by atoms with van der Waals surface area (Å²) in [7, 11) is 0. The zero-order valence-electron chi connectivity index (χ0n) is 13.2. The van der Waals surface area contributed by atoms with Crippen molar-refractivity contribution in [1.29, 1.82) is 0 Å². The number of hydrogen-bond acceptors (Lipinski definition) is 6. The number of carbonyl (C=O) groups is 2. The molecule has 0 bridgehead atoms.